The Morgan fingerprint density at radius 3 is 2.27 bits per heavy atom. The molecule has 0 heterocycles. The van der Waals surface area contributed by atoms with Crippen LogP contribution >= 0.6 is 24.0 Å². The van der Waals surface area contributed by atoms with Crippen LogP contribution in [0.3, 0.4) is 0 Å². The highest BCUT2D eigenvalue weighted by Crippen LogP contribution is 2.28. The first-order chi connectivity index (χ1) is 10.2. The second kappa shape index (κ2) is 10.7. The summed E-state index contributed by atoms with van der Waals surface area (Å²) in [5.41, 5.74) is 0. The van der Waals surface area contributed by atoms with E-state index in [1.165, 1.54) is 25.7 Å². The molecule has 2 saturated carbocycles. The van der Waals surface area contributed by atoms with Gasteiger partial charge >= 0.3 is 0 Å². The minimum Gasteiger partial charge on any atom is -0.393 e. The number of halogens is 1. The summed E-state index contributed by atoms with van der Waals surface area (Å²) in [6.45, 7) is 6.34. The number of guanidine groups is 1. The molecule has 0 spiro atoms. The van der Waals surface area contributed by atoms with Gasteiger partial charge in [0.1, 0.15) is 0 Å². The van der Waals surface area contributed by atoms with Gasteiger partial charge in [-0.05, 0) is 57.3 Å². The Morgan fingerprint density at radius 1 is 1.05 bits per heavy atom. The summed E-state index contributed by atoms with van der Waals surface area (Å²) in [6.07, 6.45) is 9.23. The molecular weight excluding hydrogens is 389 g/mol. The van der Waals surface area contributed by atoms with Crippen molar-refractivity contribution < 1.29 is 5.11 Å². The van der Waals surface area contributed by atoms with Crippen molar-refractivity contribution in [1.82, 2.24) is 10.6 Å². The SMILES string of the molecule is CCNC(=NCC1CCC(C)CC1)NC1CCC(O)CC1.I. The Kier molecular flexibility index (Phi) is 9.71. The lowest BCUT2D eigenvalue weighted by molar-refractivity contribution is 0.120. The summed E-state index contributed by atoms with van der Waals surface area (Å²) in [5, 5.41) is 16.5. The van der Waals surface area contributed by atoms with Gasteiger partial charge in [-0.25, -0.2) is 0 Å². The number of aliphatic hydroxyl groups excluding tert-OH is 1. The van der Waals surface area contributed by atoms with Crippen LogP contribution in [0.15, 0.2) is 4.99 Å². The van der Waals surface area contributed by atoms with E-state index in [0.29, 0.717) is 6.04 Å². The van der Waals surface area contributed by atoms with Crippen LogP contribution in [0.25, 0.3) is 0 Å². The molecule has 2 aliphatic rings. The average molecular weight is 423 g/mol. The number of nitrogens with zero attached hydrogens (tertiary/aromatic N) is 1. The second-order valence-corrected chi connectivity index (χ2v) is 7.00. The van der Waals surface area contributed by atoms with Crippen molar-refractivity contribution in [2.24, 2.45) is 16.8 Å². The monoisotopic (exact) mass is 423 g/mol. The first kappa shape index (κ1) is 20.0. The lowest BCUT2D eigenvalue weighted by Gasteiger charge is -2.28. The van der Waals surface area contributed by atoms with E-state index in [1.54, 1.807) is 0 Å². The molecule has 0 amide bonds. The summed E-state index contributed by atoms with van der Waals surface area (Å²) in [7, 11) is 0. The molecule has 2 fully saturated rings. The predicted octanol–water partition coefficient (Wildman–Crippen LogP) is 3.29. The van der Waals surface area contributed by atoms with Gasteiger partial charge in [-0.3, -0.25) is 4.99 Å². The van der Waals surface area contributed by atoms with Gasteiger partial charge in [-0.1, -0.05) is 19.8 Å². The van der Waals surface area contributed by atoms with Crippen molar-refractivity contribution in [2.45, 2.75) is 77.4 Å². The molecule has 0 bridgehead atoms. The van der Waals surface area contributed by atoms with Crippen LogP contribution in [0, 0.1) is 11.8 Å². The highest BCUT2D eigenvalue weighted by Gasteiger charge is 2.21. The van der Waals surface area contributed by atoms with Crippen LogP contribution in [0.4, 0.5) is 0 Å². The summed E-state index contributed by atoms with van der Waals surface area (Å²) in [6, 6.07) is 0.470. The van der Waals surface area contributed by atoms with Gasteiger partial charge in [-0.2, -0.15) is 0 Å². The number of aliphatic hydroxyl groups is 1. The van der Waals surface area contributed by atoms with Crippen molar-refractivity contribution in [3.63, 3.8) is 0 Å². The van der Waals surface area contributed by atoms with Gasteiger partial charge < -0.3 is 15.7 Å². The molecule has 2 aliphatic carbocycles. The molecule has 0 aromatic heterocycles. The minimum atomic E-state index is -0.0909. The number of hydrogen-bond acceptors (Lipinski definition) is 2. The third kappa shape index (κ3) is 7.02. The van der Waals surface area contributed by atoms with E-state index < -0.39 is 0 Å². The van der Waals surface area contributed by atoms with Crippen molar-refractivity contribution in [1.29, 1.82) is 0 Å². The fraction of sp³-hybridized carbons (Fsp3) is 0.941. The fourth-order valence-electron chi connectivity index (χ4n) is 3.47. The Morgan fingerprint density at radius 2 is 1.68 bits per heavy atom. The molecule has 0 aromatic rings. The zero-order valence-corrected chi connectivity index (χ0v) is 16.5. The molecule has 0 aliphatic heterocycles. The summed E-state index contributed by atoms with van der Waals surface area (Å²) >= 11 is 0. The highest BCUT2D eigenvalue weighted by molar-refractivity contribution is 14.0. The van der Waals surface area contributed by atoms with E-state index in [2.05, 4.69) is 24.5 Å². The summed E-state index contributed by atoms with van der Waals surface area (Å²) in [5.74, 6) is 2.65. The molecule has 2 rings (SSSR count). The van der Waals surface area contributed by atoms with Crippen molar-refractivity contribution in [3.8, 4) is 0 Å². The van der Waals surface area contributed by atoms with Gasteiger partial charge in [0.05, 0.1) is 6.10 Å². The Labute approximate surface area is 152 Å². The van der Waals surface area contributed by atoms with E-state index in [1.807, 2.05) is 0 Å². The van der Waals surface area contributed by atoms with Crippen molar-refractivity contribution in [2.75, 3.05) is 13.1 Å². The number of aliphatic imine (C=N–C) groups is 1. The molecule has 4 nitrogen and oxygen atoms in total. The molecule has 3 N–H and O–H groups in total. The predicted molar refractivity (Wildman–Crippen MR) is 104 cm³/mol. The van der Waals surface area contributed by atoms with Crippen LogP contribution in [0.1, 0.15) is 65.2 Å². The van der Waals surface area contributed by atoms with Gasteiger partial charge in [0, 0.05) is 19.1 Å². The molecule has 0 saturated heterocycles. The molecule has 0 atom stereocenters. The molecule has 22 heavy (non-hydrogen) atoms. The Balaban J connectivity index is 0.00000242. The van der Waals surface area contributed by atoms with Crippen molar-refractivity contribution >= 4 is 29.9 Å². The van der Waals surface area contributed by atoms with Gasteiger partial charge in [0.2, 0.25) is 0 Å². The van der Waals surface area contributed by atoms with Crippen LogP contribution in [-0.2, 0) is 0 Å². The zero-order valence-electron chi connectivity index (χ0n) is 14.2. The minimum absolute atomic E-state index is 0. The van der Waals surface area contributed by atoms with Gasteiger partial charge in [0.15, 0.2) is 5.96 Å². The largest absolute Gasteiger partial charge is 0.393 e. The van der Waals surface area contributed by atoms with E-state index in [0.717, 1.165) is 56.6 Å². The first-order valence-electron chi connectivity index (χ1n) is 8.90. The smallest absolute Gasteiger partial charge is 0.191 e. The average Bonchev–Trinajstić information content (AvgIpc) is 2.49. The third-order valence-corrected chi connectivity index (χ3v) is 5.02. The number of nitrogens with one attached hydrogen (secondary N) is 2. The molecule has 0 radical (unpaired) electrons. The molecule has 0 aromatic carbocycles. The van der Waals surface area contributed by atoms with E-state index in [9.17, 15) is 5.11 Å². The van der Waals surface area contributed by atoms with Gasteiger partial charge in [-0.15, -0.1) is 24.0 Å². The lowest BCUT2D eigenvalue weighted by atomic mass is 9.83. The maximum atomic E-state index is 9.59. The lowest BCUT2D eigenvalue weighted by Crippen LogP contribution is -2.45. The highest BCUT2D eigenvalue weighted by atomic mass is 127. The Bertz CT molecular complexity index is 322. The van der Waals surface area contributed by atoms with Gasteiger partial charge in [0.25, 0.3) is 0 Å². The van der Waals surface area contributed by atoms with E-state index in [-0.39, 0.29) is 30.1 Å². The van der Waals surface area contributed by atoms with Crippen LogP contribution in [0.5, 0.6) is 0 Å². The normalized spacial score (nSPS) is 33.0. The van der Waals surface area contributed by atoms with Crippen LogP contribution in [0.2, 0.25) is 0 Å². The van der Waals surface area contributed by atoms with E-state index in [4.69, 9.17) is 4.99 Å². The molecular formula is C17H34IN3O. The summed E-state index contributed by atoms with van der Waals surface area (Å²) in [4.78, 5) is 4.81. The molecule has 0 unspecified atom stereocenters. The van der Waals surface area contributed by atoms with Crippen LogP contribution < -0.4 is 10.6 Å². The standard InChI is InChI=1S/C17H33N3O.HI/c1-3-18-17(20-15-8-10-16(21)11-9-15)19-12-14-6-4-13(2)5-7-14;/h13-16,21H,3-12H2,1-2H3,(H2,18,19,20);1H. The second-order valence-electron chi connectivity index (χ2n) is 7.00. The topological polar surface area (TPSA) is 56.7 Å². The number of hydrogen-bond donors (Lipinski definition) is 3. The zero-order chi connectivity index (χ0) is 15.1. The molecule has 130 valence electrons. The van der Waals surface area contributed by atoms with Crippen LogP contribution in [-0.4, -0.2) is 36.3 Å². The van der Waals surface area contributed by atoms with E-state index >= 15 is 0 Å². The molecule has 5 heteroatoms. The first-order valence-corrected chi connectivity index (χ1v) is 8.90. The maximum Gasteiger partial charge on any atom is 0.191 e. The van der Waals surface area contributed by atoms with Crippen molar-refractivity contribution in [3.05, 3.63) is 0 Å². The quantitative estimate of drug-likeness (QED) is 0.370. The Hall–Kier alpha value is -0.0400. The third-order valence-electron chi connectivity index (χ3n) is 5.02. The summed E-state index contributed by atoms with van der Waals surface area (Å²) < 4.78 is 0. The number of rotatable bonds is 4. The maximum absolute atomic E-state index is 9.59. The fourth-order valence-corrected chi connectivity index (χ4v) is 3.47.